The minimum Gasteiger partial charge on any atom is -0.507 e. The largest absolute Gasteiger partial charge is 0.507 e. The van der Waals surface area contributed by atoms with Crippen molar-refractivity contribution in [3.05, 3.63) is 65.2 Å². The topological polar surface area (TPSA) is 76.1 Å². The Bertz CT molecular complexity index is 1050. The van der Waals surface area contributed by atoms with Gasteiger partial charge in [0, 0.05) is 11.6 Å². The molecule has 1 unspecified atom stereocenters. The normalized spacial score (nSPS) is 20.7. The van der Waals surface area contributed by atoms with E-state index in [1.807, 2.05) is 24.3 Å². The van der Waals surface area contributed by atoms with Crippen LogP contribution in [-0.2, 0) is 9.59 Å². The van der Waals surface area contributed by atoms with Crippen LogP contribution < -0.4 is 9.47 Å². The number of hydrogen-bond acceptors (Lipinski definition) is 5. The highest BCUT2D eigenvalue weighted by atomic mass is 16.5. The van der Waals surface area contributed by atoms with Crippen LogP contribution in [0.3, 0.4) is 0 Å². The van der Waals surface area contributed by atoms with E-state index in [9.17, 15) is 14.7 Å². The number of amides is 1. The van der Waals surface area contributed by atoms with Crippen molar-refractivity contribution >= 4 is 17.4 Å². The lowest BCUT2D eigenvalue weighted by molar-refractivity contribution is -0.141. The molecule has 2 aromatic rings. The van der Waals surface area contributed by atoms with Crippen LogP contribution in [0.5, 0.6) is 11.5 Å². The molecule has 34 heavy (non-hydrogen) atoms. The fraction of sp³-hybridized carbons (Fsp3) is 0.429. The van der Waals surface area contributed by atoms with E-state index >= 15 is 0 Å². The number of carbonyl (C=O) groups is 2. The van der Waals surface area contributed by atoms with Crippen LogP contribution in [0.2, 0.25) is 0 Å². The Balaban J connectivity index is 1.75. The first-order chi connectivity index (χ1) is 16.4. The summed E-state index contributed by atoms with van der Waals surface area (Å²) in [6.45, 7) is 4.74. The first kappa shape index (κ1) is 23.9. The molecule has 1 saturated heterocycles. The van der Waals surface area contributed by atoms with Crippen LogP contribution in [0.15, 0.2) is 54.1 Å². The van der Waals surface area contributed by atoms with Crippen molar-refractivity contribution in [2.75, 3.05) is 13.7 Å². The van der Waals surface area contributed by atoms with Crippen molar-refractivity contribution in [3.8, 4) is 11.5 Å². The molecule has 1 N–H and O–H groups in total. The average molecular weight is 464 g/mol. The zero-order chi connectivity index (χ0) is 24.2. The number of methoxy groups -OCH3 is 1. The lowest BCUT2D eigenvalue weighted by Gasteiger charge is -2.35. The monoisotopic (exact) mass is 463 g/mol. The second-order valence-electron chi connectivity index (χ2n) is 9.50. The summed E-state index contributed by atoms with van der Waals surface area (Å²) in [6, 6.07) is 13.7. The van der Waals surface area contributed by atoms with Gasteiger partial charge in [-0.25, -0.2) is 0 Å². The molecule has 6 nitrogen and oxygen atoms in total. The van der Waals surface area contributed by atoms with Gasteiger partial charge in [0.05, 0.1) is 25.3 Å². The number of rotatable bonds is 7. The minimum atomic E-state index is -0.635. The number of benzene rings is 2. The van der Waals surface area contributed by atoms with Crippen LogP contribution >= 0.6 is 0 Å². The molecule has 1 atom stereocenters. The molecular formula is C28H33NO5. The SMILES string of the molecule is COc1ccc(C2/C(=C(/O)c3ccc(OCC(C)C)cc3)C(=O)C(=O)N2C2CCCCC2)cc1. The molecule has 180 valence electrons. The molecule has 2 aliphatic rings. The summed E-state index contributed by atoms with van der Waals surface area (Å²) < 4.78 is 11.0. The van der Waals surface area contributed by atoms with Gasteiger partial charge in [-0.3, -0.25) is 9.59 Å². The first-order valence-electron chi connectivity index (χ1n) is 12.1. The van der Waals surface area contributed by atoms with Gasteiger partial charge in [-0.2, -0.15) is 0 Å². The van der Waals surface area contributed by atoms with Gasteiger partial charge in [0.2, 0.25) is 0 Å². The average Bonchev–Trinajstić information content (AvgIpc) is 3.13. The highest BCUT2D eigenvalue weighted by Gasteiger charge is 2.48. The van der Waals surface area contributed by atoms with Crippen LogP contribution in [0.25, 0.3) is 5.76 Å². The van der Waals surface area contributed by atoms with E-state index in [1.165, 1.54) is 0 Å². The van der Waals surface area contributed by atoms with Crippen LogP contribution in [0, 0.1) is 5.92 Å². The highest BCUT2D eigenvalue weighted by molar-refractivity contribution is 6.46. The Morgan fingerprint density at radius 3 is 2.18 bits per heavy atom. The number of aliphatic hydroxyl groups excluding tert-OH is 1. The van der Waals surface area contributed by atoms with E-state index in [0.29, 0.717) is 29.6 Å². The number of likely N-dealkylation sites (tertiary alicyclic amines) is 1. The molecule has 1 aliphatic carbocycles. The fourth-order valence-electron chi connectivity index (χ4n) is 4.83. The number of hydrogen-bond donors (Lipinski definition) is 1. The molecule has 6 heteroatoms. The zero-order valence-electron chi connectivity index (χ0n) is 20.1. The third kappa shape index (κ3) is 4.81. The Labute approximate surface area is 201 Å². The smallest absolute Gasteiger partial charge is 0.295 e. The minimum absolute atomic E-state index is 0.0191. The van der Waals surface area contributed by atoms with Gasteiger partial charge in [0.25, 0.3) is 11.7 Å². The summed E-state index contributed by atoms with van der Waals surface area (Å²) in [4.78, 5) is 28.2. The number of aliphatic hydroxyl groups is 1. The lowest BCUT2D eigenvalue weighted by atomic mass is 9.91. The number of carbonyl (C=O) groups excluding carboxylic acids is 2. The van der Waals surface area contributed by atoms with Crippen molar-refractivity contribution in [1.82, 2.24) is 4.90 Å². The Morgan fingerprint density at radius 2 is 1.59 bits per heavy atom. The quantitative estimate of drug-likeness (QED) is 0.334. The van der Waals surface area contributed by atoms with Crippen LogP contribution in [0.1, 0.15) is 63.1 Å². The van der Waals surface area contributed by atoms with Gasteiger partial charge in [-0.15, -0.1) is 0 Å². The van der Waals surface area contributed by atoms with Crippen molar-refractivity contribution in [1.29, 1.82) is 0 Å². The van der Waals surface area contributed by atoms with E-state index in [0.717, 1.165) is 37.7 Å². The van der Waals surface area contributed by atoms with Crippen LogP contribution in [-0.4, -0.2) is 41.5 Å². The molecule has 0 aromatic heterocycles. The van der Waals surface area contributed by atoms with Crippen LogP contribution in [0.4, 0.5) is 0 Å². The fourth-order valence-corrected chi connectivity index (χ4v) is 4.83. The van der Waals surface area contributed by atoms with Gasteiger partial charge < -0.3 is 19.5 Å². The third-order valence-electron chi connectivity index (χ3n) is 6.59. The van der Waals surface area contributed by atoms with Crippen molar-refractivity contribution in [2.24, 2.45) is 5.92 Å². The Kier molecular flexibility index (Phi) is 7.25. The second-order valence-corrected chi connectivity index (χ2v) is 9.50. The van der Waals surface area contributed by atoms with E-state index in [2.05, 4.69) is 13.8 Å². The molecule has 1 amide bonds. The Morgan fingerprint density at radius 1 is 0.971 bits per heavy atom. The molecular weight excluding hydrogens is 430 g/mol. The van der Waals surface area contributed by atoms with E-state index in [1.54, 1.807) is 36.3 Å². The van der Waals surface area contributed by atoms with Crippen molar-refractivity contribution in [2.45, 2.75) is 58.0 Å². The molecule has 0 spiro atoms. The first-order valence-corrected chi connectivity index (χ1v) is 12.1. The zero-order valence-corrected chi connectivity index (χ0v) is 20.1. The molecule has 1 heterocycles. The molecule has 4 rings (SSSR count). The van der Waals surface area contributed by atoms with Gasteiger partial charge >= 0.3 is 0 Å². The van der Waals surface area contributed by atoms with Crippen molar-refractivity contribution < 1.29 is 24.2 Å². The molecule has 0 bridgehead atoms. The summed E-state index contributed by atoms with van der Waals surface area (Å²) in [5, 5.41) is 11.3. The summed E-state index contributed by atoms with van der Waals surface area (Å²) in [5.41, 5.74) is 1.40. The maximum absolute atomic E-state index is 13.3. The molecule has 2 fully saturated rings. The lowest BCUT2D eigenvalue weighted by Crippen LogP contribution is -2.40. The maximum Gasteiger partial charge on any atom is 0.295 e. The molecule has 1 saturated carbocycles. The maximum atomic E-state index is 13.3. The third-order valence-corrected chi connectivity index (χ3v) is 6.59. The molecule has 2 aromatic carbocycles. The predicted octanol–water partition coefficient (Wildman–Crippen LogP) is 5.48. The van der Waals surface area contributed by atoms with Crippen molar-refractivity contribution in [3.63, 3.8) is 0 Å². The van der Waals surface area contributed by atoms with E-state index < -0.39 is 17.7 Å². The van der Waals surface area contributed by atoms with Gasteiger partial charge in [-0.1, -0.05) is 45.2 Å². The number of nitrogens with zero attached hydrogens (tertiary/aromatic N) is 1. The standard InChI is InChI=1S/C28H33NO5/c1-18(2)17-34-23-15-11-20(12-16-23)26(30)24-25(19-9-13-22(33-3)14-10-19)29(28(32)27(24)31)21-7-5-4-6-8-21/h9-16,18,21,25,30H,4-8,17H2,1-3H3/b26-24-. The molecule has 1 aliphatic heterocycles. The number of Topliss-reactive ketones (excluding diaryl/α,β-unsaturated/α-hetero) is 1. The summed E-state index contributed by atoms with van der Waals surface area (Å²) in [6.07, 6.45) is 4.92. The summed E-state index contributed by atoms with van der Waals surface area (Å²) in [7, 11) is 1.59. The van der Waals surface area contributed by atoms with Gasteiger partial charge in [0.1, 0.15) is 17.3 Å². The second kappa shape index (κ2) is 10.3. The molecule has 0 radical (unpaired) electrons. The van der Waals surface area contributed by atoms with E-state index in [4.69, 9.17) is 9.47 Å². The highest BCUT2D eigenvalue weighted by Crippen LogP contribution is 2.43. The summed E-state index contributed by atoms with van der Waals surface area (Å²) >= 11 is 0. The number of ether oxygens (including phenoxy) is 2. The predicted molar refractivity (Wildman–Crippen MR) is 131 cm³/mol. The summed E-state index contributed by atoms with van der Waals surface area (Å²) in [5.74, 6) is 0.450. The van der Waals surface area contributed by atoms with Gasteiger partial charge in [-0.05, 0) is 60.7 Å². The van der Waals surface area contributed by atoms with E-state index in [-0.39, 0.29) is 17.4 Å². The number of ketones is 1. The Hall–Kier alpha value is -3.28. The van der Waals surface area contributed by atoms with Gasteiger partial charge in [0.15, 0.2) is 0 Å².